The maximum absolute atomic E-state index is 13.2. The highest BCUT2D eigenvalue weighted by atomic mass is 19.2. The second-order valence-corrected chi connectivity index (χ2v) is 5.62. The van der Waals surface area contributed by atoms with Gasteiger partial charge in [-0.3, -0.25) is 4.79 Å². The zero-order valence-corrected chi connectivity index (χ0v) is 13.0. The lowest BCUT2D eigenvalue weighted by Gasteiger charge is -2.13. The average Bonchev–Trinajstić information content (AvgIpc) is 2.61. The molecule has 3 rings (SSSR count). The van der Waals surface area contributed by atoms with Gasteiger partial charge >= 0.3 is 0 Å². The van der Waals surface area contributed by atoms with Gasteiger partial charge in [0.25, 0.3) is 5.91 Å². The van der Waals surface area contributed by atoms with Crippen molar-refractivity contribution in [2.24, 2.45) is 0 Å². The summed E-state index contributed by atoms with van der Waals surface area (Å²) in [6.07, 6.45) is -1.21. The molecule has 3 aromatic carbocycles. The lowest BCUT2D eigenvalue weighted by Crippen LogP contribution is -2.28. The molecule has 0 fully saturated rings. The zero-order chi connectivity index (χ0) is 18.0. The zero-order valence-electron chi connectivity index (χ0n) is 13.0. The highest BCUT2D eigenvalue weighted by molar-refractivity contribution is 6.01. The Hall–Kier alpha value is -2.99. The second kappa shape index (κ2) is 6.86. The molecule has 0 saturated carbocycles. The first-order valence-corrected chi connectivity index (χ1v) is 7.58. The molecule has 0 aliphatic carbocycles. The van der Waals surface area contributed by atoms with Gasteiger partial charge in [-0.2, -0.15) is 0 Å². The summed E-state index contributed by atoms with van der Waals surface area (Å²) >= 11 is 0. The van der Waals surface area contributed by atoms with Crippen LogP contribution in [0.25, 0.3) is 10.8 Å². The van der Waals surface area contributed by atoms with E-state index in [0.717, 1.165) is 22.9 Å². The van der Waals surface area contributed by atoms with Crippen LogP contribution in [-0.4, -0.2) is 22.7 Å². The predicted molar refractivity (Wildman–Crippen MR) is 89.3 cm³/mol. The van der Waals surface area contributed by atoms with Gasteiger partial charge in [-0.25, -0.2) is 8.78 Å². The molecular weight excluding hydrogens is 328 g/mol. The van der Waals surface area contributed by atoms with E-state index in [1.807, 2.05) is 24.3 Å². The monoisotopic (exact) mass is 343 g/mol. The van der Waals surface area contributed by atoms with Crippen molar-refractivity contribution in [3.8, 4) is 5.75 Å². The number of carbonyl (C=O) groups is 1. The number of aliphatic hydroxyl groups excluding tert-OH is 1. The van der Waals surface area contributed by atoms with Crippen LogP contribution < -0.4 is 5.32 Å². The Morgan fingerprint density at radius 3 is 2.36 bits per heavy atom. The van der Waals surface area contributed by atoms with Crippen LogP contribution in [0, 0.1) is 11.6 Å². The van der Waals surface area contributed by atoms with Gasteiger partial charge in [-0.15, -0.1) is 0 Å². The van der Waals surface area contributed by atoms with Crippen molar-refractivity contribution in [1.82, 2.24) is 5.32 Å². The van der Waals surface area contributed by atoms with Gasteiger partial charge in [0.15, 0.2) is 11.6 Å². The summed E-state index contributed by atoms with van der Waals surface area (Å²) in [5, 5.41) is 24.1. The Morgan fingerprint density at radius 1 is 1.00 bits per heavy atom. The SMILES string of the molecule is O=C(NC[C@H](O)c1ccc(F)c(F)c1)c1cc2ccccc2cc1O. The van der Waals surface area contributed by atoms with E-state index < -0.39 is 23.6 Å². The van der Waals surface area contributed by atoms with Crippen molar-refractivity contribution >= 4 is 16.7 Å². The fourth-order valence-electron chi connectivity index (χ4n) is 2.53. The molecule has 6 heteroatoms. The van der Waals surface area contributed by atoms with Gasteiger partial charge in [0, 0.05) is 6.54 Å². The number of phenolic OH excluding ortho intramolecular Hbond substituents is 1. The van der Waals surface area contributed by atoms with Crippen molar-refractivity contribution < 1.29 is 23.8 Å². The molecule has 4 nitrogen and oxygen atoms in total. The third-order valence-electron chi connectivity index (χ3n) is 3.89. The van der Waals surface area contributed by atoms with Crippen LogP contribution in [0.3, 0.4) is 0 Å². The van der Waals surface area contributed by atoms with Crippen LogP contribution >= 0.6 is 0 Å². The summed E-state index contributed by atoms with van der Waals surface area (Å²) in [5.74, 6) is -2.85. The van der Waals surface area contributed by atoms with E-state index >= 15 is 0 Å². The van der Waals surface area contributed by atoms with Crippen LogP contribution in [-0.2, 0) is 0 Å². The van der Waals surface area contributed by atoms with Gasteiger partial charge in [0.05, 0.1) is 11.7 Å². The van der Waals surface area contributed by atoms with Crippen LogP contribution in [0.4, 0.5) is 8.78 Å². The molecular formula is C19H15F2NO3. The fourth-order valence-corrected chi connectivity index (χ4v) is 2.53. The molecule has 25 heavy (non-hydrogen) atoms. The normalized spacial score (nSPS) is 12.1. The minimum atomic E-state index is -1.21. The lowest BCUT2D eigenvalue weighted by molar-refractivity contribution is 0.0913. The number of nitrogens with one attached hydrogen (secondary N) is 1. The predicted octanol–water partition coefficient (Wildman–Crippen LogP) is 3.29. The maximum Gasteiger partial charge on any atom is 0.255 e. The van der Waals surface area contributed by atoms with Crippen molar-refractivity contribution in [2.75, 3.05) is 6.54 Å². The quantitative estimate of drug-likeness (QED) is 0.681. The van der Waals surface area contributed by atoms with Gasteiger partial charge in [-0.05, 0) is 40.6 Å². The number of fused-ring (bicyclic) bond motifs is 1. The molecule has 3 N–H and O–H groups in total. The number of benzene rings is 3. The Balaban J connectivity index is 1.74. The first-order chi connectivity index (χ1) is 12.0. The van der Waals surface area contributed by atoms with E-state index in [1.54, 1.807) is 6.07 Å². The number of amides is 1. The Bertz CT molecular complexity index is 943. The molecule has 0 spiro atoms. The van der Waals surface area contributed by atoms with Gasteiger partial charge in [0.1, 0.15) is 5.75 Å². The molecule has 128 valence electrons. The van der Waals surface area contributed by atoms with E-state index in [0.29, 0.717) is 0 Å². The van der Waals surface area contributed by atoms with Crippen LogP contribution in [0.5, 0.6) is 5.75 Å². The molecule has 0 aliphatic rings. The topological polar surface area (TPSA) is 69.6 Å². The van der Waals surface area contributed by atoms with Crippen molar-refractivity contribution in [3.05, 3.63) is 77.4 Å². The Kier molecular flexibility index (Phi) is 4.63. The van der Waals surface area contributed by atoms with Crippen molar-refractivity contribution in [2.45, 2.75) is 6.10 Å². The molecule has 1 atom stereocenters. The largest absolute Gasteiger partial charge is 0.507 e. The van der Waals surface area contributed by atoms with E-state index in [2.05, 4.69) is 5.32 Å². The molecule has 1 amide bonds. The minimum Gasteiger partial charge on any atom is -0.507 e. The second-order valence-electron chi connectivity index (χ2n) is 5.62. The molecule has 0 heterocycles. The minimum absolute atomic E-state index is 0.0659. The Labute approximate surface area is 142 Å². The highest BCUT2D eigenvalue weighted by Gasteiger charge is 2.16. The van der Waals surface area contributed by atoms with Crippen LogP contribution in [0.15, 0.2) is 54.6 Å². The van der Waals surface area contributed by atoms with Crippen LogP contribution in [0.2, 0.25) is 0 Å². The number of halogens is 2. The third-order valence-corrected chi connectivity index (χ3v) is 3.89. The van der Waals surface area contributed by atoms with E-state index in [4.69, 9.17) is 0 Å². The summed E-state index contributed by atoms with van der Waals surface area (Å²) in [4.78, 5) is 12.2. The summed E-state index contributed by atoms with van der Waals surface area (Å²) in [6, 6.07) is 13.3. The van der Waals surface area contributed by atoms with E-state index in [-0.39, 0.29) is 23.4 Å². The van der Waals surface area contributed by atoms with E-state index in [9.17, 15) is 23.8 Å². The first-order valence-electron chi connectivity index (χ1n) is 7.58. The molecule has 0 radical (unpaired) electrons. The smallest absolute Gasteiger partial charge is 0.255 e. The first kappa shape index (κ1) is 16.9. The summed E-state index contributed by atoms with van der Waals surface area (Å²) < 4.78 is 26.1. The summed E-state index contributed by atoms with van der Waals surface area (Å²) in [6.45, 7) is -0.212. The van der Waals surface area contributed by atoms with Crippen molar-refractivity contribution in [1.29, 1.82) is 0 Å². The number of rotatable bonds is 4. The molecule has 0 saturated heterocycles. The Morgan fingerprint density at radius 2 is 1.68 bits per heavy atom. The maximum atomic E-state index is 13.2. The average molecular weight is 343 g/mol. The molecule has 3 aromatic rings. The number of carbonyl (C=O) groups excluding carboxylic acids is 1. The molecule has 0 bridgehead atoms. The summed E-state index contributed by atoms with van der Waals surface area (Å²) in [7, 11) is 0. The van der Waals surface area contributed by atoms with Gasteiger partial charge < -0.3 is 15.5 Å². The molecule has 0 unspecified atom stereocenters. The number of hydrogen-bond donors (Lipinski definition) is 3. The third kappa shape index (κ3) is 3.59. The number of aliphatic hydroxyl groups is 1. The van der Waals surface area contributed by atoms with E-state index in [1.165, 1.54) is 12.1 Å². The van der Waals surface area contributed by atoms with Crippen LogP contribution in [0.1, 0.15) is 22.0 Å². The lowest BCUT2D eigenvalue weighted by atomic mass is 10.0. The highest BCUT2D eigenvalue weighted by Crippen LogP contribution is 2.25. The molecule has 0 aromatic heterocycles. The fraction of sp³-hybridized carbons (Fsp3) is 0.105. The number of phenols is 1. The van der Waals surface area contributed by atoms with Crippen molar-refractivity contribution in [3.63, 3.8) is 0 Å². The summed E-state index contributed by atoms with van der Waals surface area (Å²) in [5.41, 5.74) is 0.207. The number of hydrogen-bond acceptors (Lipinski definition) is 3. The number of aromatic hydroxyl groups is 1. The molecule has 0 aliphatic heterocycles. The van der Waals surface area contributed by atoms with Gasteiger partial charge in [0.2, 0.25) is 0 Å². The van der Waals surface area contributed by atoms with Gasteiger partial charge in [-0.1, -0.05) is 30.3 Å². The standard InChI is InChI=1S/C19H15F2NO3/c20-15-6-5-13(8-16(15)21)18(24)10-22-19(25)14-7-11-3-1-2-4-12(11)9-17(14)23/h1-9,18,23-24H,10H2,(H,22,25)/t18-/m0/s1.